The number of amides is 1. The largest absolute Gasteiger partial charge is 0.496 e. The van der Waals surface area contributed by atoms with Crippen LogP contribution in [0.25, 0.3) is 0 Å². The van der Waals surface area contributed by atoms with E-state index in [1.165, 1.54) is 5.56 Å². The van der Waals surface area contributed by atoms with E-state index >= 15 is 0 Å². The van der Waals surface area contributed by atoms with E-state index in [2.05, 4.69) is 10.3 Å². The molecule has 1 aliphatic heterocycles. The van der Waals surface area contributed by atoms with E-state index in [4.69, 9.17) is 9.47 Å². The van der Waals surface area contributed by atoms with E-state index in [1.807, 2.05) is 36.4 Å². The summed E-state index contributed by atoms with van der Waals surface area (Å²) in [6.07, 6.45) is 4.77. The fourth-order valence-corrected chi connectivity index (χ4v) is 3.06. The zero-order valence-corrected chi connectivity index (χ0v) is 13.8. The van der Waals surface area contributed by atoms with Crippen LogP contribution in [0.4, 0.5) is 0 Å². The molecule has 5 nitrogen and oxygen atoms in total. The zero-order chi connectivity index (χ0) is 16.8. The highest BCUT2D eigenvalue weighted by molar-refractivity contribution is 5.79. The monoisotopic (exact) mass is 326 g/mol. The van der Waals surface area contributed by atoms with Crippen LogP contribution in [-0.4, -0.2) is 37.3 Å². The minimum Gasteiger partial charge on any atom is -0.496 e. The maximum absolute atomic E-state index is 12.4. The Balaban J connectivity index is 1.59. The molecule has 1 saturated heterocycles. The molecular weight excluding hydrogens is 304 g/mol. The Morgan fingerprint density at radius 3 is 2.83 bits per heavy atom. The van der Waals surface area contributed by atoms with E-state index in [1.54, 1.807) is 19.5 Å². The van der Waals surface area contributed by atoms with Crippen molar-refractivity contribution in [3.8, 4) is 5.75 Å². The molecule has 126 valence electrons. The molecule has 2 aromatic rings. The maximum Gasteiger partial charge on any atom is 0.224 e. The number of hydrogen-bond donors (Lipinski definition) is 1. The Labute approximate surface area is 142 Å². The summed E-state index contributed by atoms with van der Waals surface area (Å²) in [4.78, 5) is 16.4. The number of carbonyl (C=O) groups excluding carboxylic acids is 1. The minimum absolute atomic E-state index is 0.00488. The van der Waals surface area contributed by atoms with Gasteiger partial charge in [0.15, 0.2) is 0 Å². The highest BCUT2D eigenvalue weighted by Crippen LogP contribution is 2.21. The van der Waals surface area contributed by atoms with E-state index in [0.717, 1.165) is 17.7 Å². The molecule has 1 aromatic heterocycles. The lowest BCUT2D eigenvalue weighted by molar-refractivity contribution is -0.121. The molecule has 0 spiro atoms. The third-order valence-electron chi connectivity index (χ3n) is 4.34. The van der Waals surface area contributed by atoms with Gasteiger partial charge in [-0.2, -0.15) is 0 Å². The van der Waals surface area contributed by atoms with Crippen LogP contribution in [0.2, 0.25) is 0 Å². The Morgan fingerprint density at radius 1 is 1.25 bits per heavy atom. The number of nitrogens with one attached hydrogen (secondary N) is 1. The molecular formula is C19H22N2O3. The average Bonchev–Trinajstić information content (AvgIpc) is 3.03. The summed E-state index contributed by atoms with van der Waals surface area (Å²) in [5.74, 6) is 1.02. The molecule has 0 saturated carbocycles. The second kappa shape index (κ2) is 7.93. The van der Waals surface area contributed by atoms with Gasteiger partial charge in [-0.25, -0.2) is 0 Å². The first-order chi connectivity index (χ1) is 11.8. The number of methoxy groups -OCH3 is 1. The number of aromatic nitrogens is 1. The van der Waals surface area contributed by atoms with Crippen molar-refractivity contribution in [3.63, 3.8) is 0 Å². The second-order valence-electron chi connectivity index (χ2n) is 6.02. The molecule has 5 heteroatoms. The van der Waals surface area contributed by atoms with Crippen molar-refractivity contribution < 1.29 is 14.3 Å². The predicted molar refractivity (Wildman–Crippen MR) is 90.9 cm³/mol. The van der Waals surface area contributed by atoms with Crippen molar-refractivity contribution in [1.82, 2.24) is 10.3 Å². The quantitative estimate of drug-likeness (QED) is 0.882. The van der Waals surface area contributed by atoms with Gasteiger partial charge in [-0.05, 0) is 30.2 Å². The van der Waals surface area contributed by atoms with Crippen molar-refractivity contribution in [2.75, 3.05) is 20.3 Å². The van der Waals surface area contributed by atoms with Crippen LogP contribution in [0.1, 0.15) is 11.1 Å². The van der Waals surface area contributed by atoms with Crippen LogP contribution in [0.15, 0.2) is 48.8 Å². The molecule has 2 atom stereocenters. The molecule has 1 aromatic carbocycles. The number of pyridine rings is 1. The van der Waals surface area contributed by atoms with Crippen molar-refractivity contribution in [2.45, 2.75) is 18.9 Å². The first-order valence-electron chi connectivity index (χ1n) is 8.14. The Kier molecular flexibility index (Phi) is 5.43. The molecule has 0 unspecified atom stereocenters. The molecule has 0 radical (unpaired) electrons. The zero-order valence-electron chi connectivity index (χ0n) is 13.8. The number of ether oxygens (including phenoxy) is 2. The normalized spacial score (nSPS) is 19.9. The van der Waals surface area contributed by atoms with Gasteiger partial charge < -0.3 is 14.8 Å². The van der Waals surface area contributed by atoms with Crippen LogP contribution in [0.3, 0.4) is 0 Å². The SMILES string of the molecule is COc1ccccc1CC(=O)N[C@@H]1COC[C@H]1Cc1ccncc1. The number of benzene rings is 1. The lowest BCUT2D eigenvalue weighted by Gasteiger charge is -2.19. The van der Waals surface area contributed by atoms with E-state index < -0.39 is 0 Å². The van der Waals surface area contributed by atoms with Gasteiger partial charge in [-0.15, -0.1) is 0 Å². The number of nitrogens with zero attached hydrogens (tertiary/aromatic N) is 1. The summed E-state index contributed by atoms with van der Waals surface area (Å²) in [6.45, 7) is 1.23. The van der Waals surface area contributed by atoms with E-state index in [-0.39, 0.29) is 17.9 Å². The van der Waals surface area contributed by atoms with Gasteiger partial charge in [0.05, 0.1) is 32.8 Å². The minimum atomic E-state index is -0.00488. The fraction of sp³-hybridized carbons (Fsp3) is 0.368. The van der Waals surface area contributed by atoms with Gasteiger partial charge in [-0.1, -0.05) is 18.2 Å². The highest BCUT2D eigenvalue weighted by Gasteiger charge is 2.29. The van der Waals surface area contributed by atoms with Crippen LogP contribution in [0, 0.1) is 5.92 Å². The van der Waals surface area contributed by atoms with Gasteiger partial charge in [-0.3, -0.25) is 9.78 Å². The molecule has 3 rings (SSSR count). The third-order valence-corrected chi connectivity index (χ3v) is 4.34. The number of para-hydroxylation sites is 1. The van der Waals surface area contributed by atoms with Crippen LogP contribution in [-0.2, 0) is 22.4 Å². The summed E-state index contributed by atoms with van der Waals surface area (Å²) in [5.41, 5.74) is 2.10. The molecule has 1 fully saturated rings. The third kappa shape index (κ3) is 4.11. The van der Waals surface area contributed by atoms with Crippen molar-refractivity contribution >= 4 is 5.91 Å². The van der Waals surface area contributed by atoms with Crippen molar-refractivity contribution in [1.29, 1.82) is 0 Å². The Bertz CT molecular complexity index is 675. The van der Waals surface area contributed by atoms with Gasteiger partial charge in [0.25, 0.3) is 0 Å². The van der Waals surface area contributed by atoms with Crippen molar-refractivity contribution in [2.24, 2.45) is 5.92 Å². The first kappa shape index (κ1) is 16.5. The standard InChI is InChI=1S/C19H22N2O3/c1-23-18-5-3-2-4-15(18)11-19(22)21-17-13-24-12-16(17)10-14-6-8-20-9-7-14/h2-9,16-17H,10-13H2,1H3,(H,21,22)/t16-,17-/m1/s1. The average molecular weight is 326 g/mol. The van der Waals surface area contributed by atoms with Gasteiger partial charge in [0.1, 0.15) is 5.75 Å². The smallest absolute Gasteiger partial charge is 0.224 e. The van der Waals surface area contributed by atoms with Crippen LogP contribution < -0.4 is 10.1 Å². The lowest BCUT2D eigenvalue weighted by Crippen LogP contribution is -2.41. The van der Waals surface area contributed by atoms with Gasteiger partial charge in [0, 0.05) is 23.9 Å². The Hall–Kier alpha value is -2.40. The summed E-state index contributed by atoms with van der Waals surface area (Å²) in [6, 6.07) is 11.6. The predicted octanol–water partition coefficient (Wildman–Crippen LogP) is 2.01. The lowest BCUT2D eigenvalue weighted by atomic mass is 9.95. The summed E-state index contributed by atoms with van der Waals surface area (Å²) in [5, 5.41) is 3.11. The highest BCUT2D eigenvalue weighted by atomic mass is 16.5. The fourth-order valence-electron chi connectivity index (χ4n) is 3.06. The molecule has 0 bridgehead atoms. The molecule has 1 N–H and O–H groups in total. The second-order valence-corrected chi connectivity index (χ2v) is 6.02. The van der Waals surface area contributed by atoms with Crippen LogP contribution in [0.5, 0.6) is 5.75 Å². The number of hydrogen-bond acceptors (Lipinski definition) is 4. The van der Waals surface area contributed by atoms with Crippen molar-refractivity contribution in [3.05, 3.63) is 59.9 Å². The molecule has 24 heavy (non-hydrogen) atoms. The maximum atomic E-state index is 12.4. The topological polar surface area (TPSA) is 60.5 Å². The Morgan fingerprint density at radius 2 is 2.04 bits per heavy atom. The molecule has 2 heterocycles. The molecule has 1 aliphatic rings. The summed E-state index contributed by atoms with van der Waals surface area (Å²) < 4.78 is 10.9. The molecule has 1 amide bonds. The summed E-state index contributed by atoms with van der Waals surface area (Å²) in [7, 11) is 1.62. The molecule has 0 aliphatic carbocycles. The van der Waals surface area contributed by atoms with Gasteiger partial charge in [0.2, 0.25) is 5.91 Å². The van der Waals surface area contributed by atoms with Crippen LogP contribution >= 0.6 is 0 Å². The first-order valence-corrected chi connectivity index (χ1v) is 8.14. The van der Waals surface area contributed by atoms with E-state index in [0.29, 0.717) is 19.6 Å². The number of carbonyl (C=O) groups is 1. The van der Waals surface area contributed by atoms with Gasteiger partial charge >= 0.3 is 0 Å². The summed E-state index contributed by atoms with van der Waals surface area (Å²) >= 11 is 0. The number of rotatable bonds is 6. The van der Waals surface area contributed by atoms with E-state index in [9.17, 15) is 4.79 Å².